The first kappa shape index (κ1) is 19.4. The van der Waals surface area contributed by atoms with Crippen molar-refractivity contribution in [1.82, 2.24) is 0 Å². The molecule has 0 aliphatic carbocycles. The second kappa shape index (κ2) is 10.0. The van der Waals surface area contributed by atoms with Crippen molar-refractivity contribution in [3.05, 3.63) is 34.7 Å². The number of alkyl halides is 3. The minimum absolute atomic E-state index is 0.101. The second-order valence-electron chi connectivity index (χ2n) is 2.88. The molecule has 0 aromatic heterocycles. The van der Waals surface area contributed by atoms with Crippen LogP contribution in [0, 0.1) is 4.91 Å². The van der Waals surface area contributed by atoms with E-state index in [2.05, 4.69) is 9.91 Å². The number of benzene rings is 1. The minimum Gasteiger partial charge on any atom is -0.465 e. The highest BCUT2D eigenvalue weighted by molar-refractivity contribution is 5.94. The normalized spacial score (nSPS) is 9.21. The third-order valence-electron chi connectivity index (χ3n) is 1.41. The van der Waals surface area contributed by atoms with Gasteiger partial charge in [-0.2, -0.15) is 13.2 Å². The van der Waals surface area contributed by atoms with Gasteiger partial charge in [-0.25, -0.2) is 4.79 Å². The maximum Gasteiger partial charge on any atom is 0.386 e. The molecule has 0 unspecified atom stereocenters. The maximum atomic E-state index is 11.0. The van der Waals surface area contributed by atoms with Crippen molar-refractivity contribution in [2.24, 2.45) is 5.18 Å². The van der Waals surface area contributed by atoms with E-state index in [1.807, 2.05) is 13.8 Å². The van der Waals surface area contributed by atoms with Crippen molar-refractivity contribution in [2.75, 3.05) is 7.11 Å². The highest BCUT2D eigenvalue weighted by Crippen LogP contribution is 2.18. The van der Waals surface area contributed by atoms with Gasteiger partial charge in [-0.3, -0.25) is 0 Å². The van der Waals surface area contributed by atoms with Crippen LogP contribution in [0.1, 0.15) is 31.1 Å². The predicted molar refractivity (Wildman–Crippen MR) is 66.3 cm³/mol. The largest absolute Gasteiger partial charge is 0.465 e. The number of methoxy groups -OCH3 is 1. The van der Waals surface area contributed by atoms with Gasteiger partial charge in [-0.15, -0.1) is 4.91 Å². The summed E-state index contributed by atoms with van der Waals surface area (Å²) < 4.78 is 35.5. The van der Waals surface area contributed by atoms with E-state index in [1.54, 1.807) is 12.1 Å². The number of nitrogens with zero attached hydrogens (tertiary/aromatic N) is 1. The van der Waals surface area contributed by atoms with Crippen LogP contribution in [-0.2, 0) is 4.74 Å². The number of halogens is 3. The minimum atomic E-state index is -4.00. The van der Waals surface area contributed by atoms with Crippen LogP contribution in [0.5, 0.6) is 0 Å². The number of hydrogen-bond acceptors (Lipinski definition) is 4. The van der Waals surface area contributed by atoms with E-state index in [0.717, 1.165) is 0 Å². The zero-order valence-corrected chi connectivity index (χ0v) is 11.1. The molecule has 0 saturated heterocycles. The Hall–Kier alpha value is -1.92. The van der Waals surface area contributed by atoms with Gasteiger partial charge in [0, 0.05) is 6.92 Å². The standard InChI is InChI=1S/C8H7NO3.C2H3F3.C2H6/c1-12-8(10)6-4-2-3-5-7(6)9-11;1-2(3,4)5;1-2/h2-5H,1H3;1H3;1-2H3. The van der Waals surface area contributed by atoms with Crippen LogP contribution in [0.2, 0.25) is 0 Å². The van der Waals surface area contributed by atoms with E-state index in [9.17, 15) is 22.9 Å². The van der Waals surface area contributed by atoms with Crippen molar-refractivity contribution in [3.8, 4) is 0 Å². The van der Waals surface area contributed by atoms with Gasteiger partial charge in [0.05, 0.1) is 12.7 Å². The van der Waals surface area contributed by atoms with Gasteiger partial charge in [0.1, 0.15) is 5.69 Å². The second-order valence-corrected chi connectivity index (χ2v) is 2.88. The van der Waals surface area contributed by atoms with Crippen molar-refractivity contribution >= 4 is 11.7 Å². The molecular formula is C12H16F3NO3. The number of ether oxygens (including phenoxy) is 1. The highest BCUT2D eigenvalue weighted by atomic mass is 19.4. The van der Waals surface area contributed by atoms with Gasteiger partial charge in [0.25, 0.3) is 0 Å². The van der Waals surface area contributed by atoms with Crippen molar-refractivity contribution in [1.29, 1.82) is 0 Å². The SMILES string of the molecule is CC.CC(F)(F)F.COC(=O)c1ccccc1N=O. The monoisotopic (exact) mass is 279 g/mol. The third-order valence-corrected chi connectivity index (χ3v) is 1.41. The average molecular weight is 279 g/mol. The molecule has 4 nitrogen and oxygen atoms in total. The summed E-state index contributed by atoms with van der Waals surface area (Å²) in [4.78, 5) is 21.2. The zero-order chi connectivity index (χ0) is 15.5. The van der Waals surface area contributed by atoms with E-state index in [-0.39, 0.29) is 18.2 Å². The number of hydrogen-bond donors (Lipinski definition) is 0. The first-order valence-electron chi connectivity index (χ1n) is 5.37. The number of carbonyl (C=O) groups is 1. The molecule has 0 aliphatic heterocycles. The summed E-state index contributed by atoms with van der Waals surface area (Å²) in [6.45, 7) is 4.19. The van der Waals surface area contributed by atoms with Gasteiger partial charge in [-0.1, -0.05) is 26.0 Å². The average Bonchev–Trinajstić information content (AvgIpc) is 2.38. The van der Waals surface area contributed by atoms with Gasteiger partial charge in [-0.05, 0) is 17.3 Å². The van der Waals surface area contributed by atoms with E-state index in [1.165, 1.54) is 19.2 Å². The lowest BCUT2D eigenvalue weighted by Crippen LogP contribution is -2.00. The summed E-state index contributed by atoms with van der Waals surface area (Å²) in [7, 11) is 1.25. The van der Waals surface area contributed by atoms with Crippen LogP contribution in [0.4, 0.5) is 18.9 Å². The summed E-state index contributed by atoms with van der Waals surface area (Å²) in [5.41, 5.74) is 0.291. The zero-order valence-electron chi connectivity index (χ0n) is 11.1. The van der Waals surface area contributed by atoms with E-state index < -0.39 is 12.1 Å². The first-order valence-corrected chi connectivity index (χ1v) is 5.37. The maximum absolute atomic E-state index is 11.0. The van der Waals surface area contributed by atoms with Crippen LogP contribution in [0.3, 0.4) is 0 Å². The number of esters is 1. The molecule has 0 heterocycles. The van der Waals surface area contributed by atoms with E-state index in [4.69, 9.17) is 0 Å². The molecule has 19 heavy (non-hydrogen) atoms. The molecule has 0 saturated carbocycles. The Labute approximate surface area is 109 Å². The molecule has 1 aromatic rings. The molecule has 108 valence electrons. The molecule has 0 fully saturated rings. The molecule has 1 aromatic carbocycles. The lowest BCUT2D eigenvalue weighted by atomic mass is 10.2. The highest BCUT2D eigenvalue weighted by Gasteiger charge is 2.15. The molecule has 1 rings (SSSR count). The molecule has 0 atom stereocenters. The Balaban J connectivity index is 0. The lowest BCUT2D eigenvalue weighted by Gasteiger charge is -1.99. The summed E-state index contributed by atoms with van der Waals surface area (Å²) in [5.74, 6) is -0.551. The molecule has 7 heteroatoms. The molecule has 0 amide bonds. The topological polar surface area (TPSA) is 55.7 Å². The Bertz CT molecular complexity index is 386. The molecule has 0 spiro atoms. The third kappa shape index (κ3) is 10.9. The Kier molecular flexibility index (Phi) is 10.3. The van der Waals surface area contributed by atoms with E-state index >= 15 is 0 Å². The number of carbonyl (C=O) groups excluding carboxylic acids is 1. The summed E-state index contributed by atoms with van der Waals surface area (Å²) in [5, 5.41) is 2.69. The lowest BCUT2D eigenvalue weighted by molar-refractivity contribution is -0.110. The number of nitroso groups, excluding NO2 is 1. The van der Waals surface area contributed by atoms with Gasteiger partial charge < -0.3 is 4.74 Å². The predicted octanol–water partition coefficient (Wildman–Crippen LogP) is 4.47. The van der Waals surface area contributed by atoms with Crippen LogP contribution < -0.4 is 0 Å². The van der Waals surface area contributed by atoms with Gasteiger partial charge in [0.2, 0.25) is 0 Å². The quantitative estimate of drug-likeness (QED) is 0.593. The Morgan fingerprint density at radius 3 is 2.00 bits per heavy atom. The van der Waals surface area contributed by atoms with Crippen molar-refractivity contribution in [3.63, 3.8) is 0 Å². The van der Waals surface area contributed by atoms with Crippen LogP contribution >= 0.6 is 0 Å². The summed E-state index contributed by atoms with van der Waals surface area (Å²) >= 11 is 0. The number of rotatable bonds is 2. The van der Waals surface area contributed by atoms with Gasteiger partial charge >= 0.3 is 12.1 Å². The smallest absolute Gasteiger partial charge is 0.386 e. The van der Waals surface area contributed by atoms with Crippen LogP contribution in [-0.4, -0.2) is 19.3 Å². The first-order chi connectivity index (χ1) is 8.79. The van der Waals surface area contributed by atoms with Crippen molar-refractivity contribution < 1.29 is 22.7 Å². The molecule has 0 aliphatic rings. The molecular weight excluding hydrogens is 263 g/mol. The molecule has 0 radical (unpaired) electrons. The Morgan fingerprint density at radius 1 is 1.21 bits per heavy atom. The van der Waals surface area contributed by atoms with Crippen LogP contribution in [0.15, 0.2) is 29.4 Å². The fourth-order valence-electron chi connectivity index (χ4n) is 0.836. The fraction of sp³-hybridized carbons (Fsp3) is 0.417. The fourth-order valence-corrected chi connectivity index (χ4v) is 0.836. The summed E-state index contributed by atoms with van der Waals surface area (Å²) in [6.07, 6.45) is -4.00. The van der Waals surface area contributed by atoms with Crippen molar-refractivity contribution in [2.45, 2.75) is 26.9 Å². The molecule has 0 bridgehead atoms. The van der Waals surface area contributed by atoms with Crippen LogP contribution in [0.25, 0.3) is 0 Å². The Morgan fingerprint density at radius 2 is 1.63 bits per heavy atom. The summed E-state index contributed by atoms with van der Waals surface area (Å²) in [6, 6.07) is 6.21. The molecule has 0 N–H and O–H groups in total. The van der Waals surface area contributed by atoms with Gasteiger partial charge in [0.15, 0.2) is 0 Å². The van der Waals surface area contributed by atoms with E-state index in [0.29, 0.717) is 0 Å².